The number of benzene rings is 4. The fourth-order valence-electron chi connectivity index (χ4n) is 4.98. The molecule has 2 aromatic heterocycles. The molecule has 3 nitrogen and oxygen atoms in total. The van der Waals surface area contributed by atoms with Gasteiger partial charge in [-0.15, -0.1) is 0 Å². The van der Waals surface area contributed by atoms with Crippen molar-refractivity contribution in [2.45, 2.75) is 41.0 Å². The first-order valence-corrected chi connectivity index (χ1v) is 13.0. The molecular formula is C34H34N2O. The van der Waals surface area contributed by atoms with Crippen molar-refractivity contribution in [1.82, 2.24) is 9.55 Å². The molecule has 0 aliphatic rings. The zero-order valence-corrected chi connectivity index (χ0v) is 22.3. The summed E-state index contributed by atoms with van der Waals surface area (Å²) in [5.41, 5.74) is 9.19. The lowest BCUT2D eigenvalue weighted by Crippen LogP contribution is -2.03. The smallest absolute Gasteiger partial charge is 0.144 e. The Hall–Kier alpha value is -4.11. The lowest BCUT2D eigenvalue weighted by atomic mass is 9.97. The van der Waals surface area contributed by atoms with Crippen LogP contribution >= 0.6 is 0 Å². The topological polar surface area (TPSA) is 31.0 Å². The first-order chi connectivity index (χ1) is 17.9. The molecule has 0 atom stereocenters. The lowest BCUT2D eigenvalue weighted by molar-refractivity contribution is 0.664. The second-order valence-electron chi connectivity index (χ2n) is 10.4. The number of nitrogens with zero attached hydrogens (tertiary/aromatic N) is 2. The zero-order chi connectivity index (χ0) is 25.9. The largest absolute Gasteiger partial charge is 0.456 e. The van der Waals surface area contributed by atoms with E-state index in [0.29, 0.717) is 0 Å². The van der Waals surface area contributed by atoms with E-state index in [0.717, 1.165) is 34.9 Å². The van der Waals surface area contributed by atoms with Crippen LogP contribution in [0.1, 0.15) is 43.0 Å². The minimum atomic E-state index is 0.828. The molecule has 0 bridgehead atoms. The average Bonchev–Trinajstić information content (AvgIpc) is 3.50. The van der Waals surface area contributed by atoms with Crippen LogP contribution in [0.25, 0.3) is 39.0 Å². The quantitative estimate of drug-likeness (QED) is 0.248. The Bertz CT molecular complexity index is 1630. The van der Waals surface area contributed by atoms with E-state index in [2.05, 4.69) is 111 Å². The maximum Gasteiger partial charge on any atom is 0.144 e. The molecule has 0 amide bonds. The summed E-state index contributed by atoms with van der Waals surface area (Å²) in [6, 6.07) is 29.6. The van der Waals surface area contributed by atoms with Gasteiger partial charge in [0.15, 0.2) is 0 Å². The van der Waals surface area contributed by atoms with Crippen molar-refractivity contribution in [3.63, 3.8) is 0 Å². The van der Waals surface area contributed by atoms with E-state index < -0.39 is 0 Å². The van der Waals surface area contributed by atoms with Crippen molar-refractivity contribution < 1.29 is 4.42 Å². The standard InChI is InChI=1S/C30H24N2O.C4H10/c1-20-17-22(19-24-11-8-13-26-25-12-6-7-14-27(25)33-29(24)26)18-21(2)28(20)32-16-15-31-30(32)23-9-4-3-5-10-23;1-4(2)3/h3-18H,19H2,1-2H3;4H,1-3H3. The summed E-state index contributed by atoms with van der Waals surface area (Å²) in [5.74, 6) is 1.79. The summed E-state index contributed by atoms with van der Waals surface area (Å²) in [6.07, 6.45) is 4.75. The Morgan fingerprint density at radius 3 is 2.16 bits per heavy atom. The fourth-order valence-corrected chi connectivity index (χ4v) is 4.98. The van der Waals surface area contributed by atoms with Crippen LogP contribution in [-0.4, -0.2) is 9.55 Å². The fraction of sp³-hybridized carbons (Fsp3) is 0.206. The van der Waals surface area contributed by atoms with Gasteiger partial charge in [-0.2, -0.15) is 0 Å². The van der Waals surface area contributed by atoms with Gasteiger partial charge in [-0.05, 0) is 48.1 Å². The third-order valence-corrected chi connectivity index (χ3v) is 6.34. The van der Waals surface area contributed by atoms with E-state index in [1.54, 1.807) is 0 Å². The Labute approximate surface area is 219 Å². The third-order valence-electron chi connectivity index (χ3n) is 6.34. The van der Waals surface area contributed by atoms with Gasteiger partial charge in [0.25, 0.3) is 0 Å². The lowest BCUT2D eigenvalue weighted by Gasteiger charge is -2.16. The first kappa shape index (κ1) is 24.6. The molecular weight excluding hydrogens is 452 g/mol. The maximum atomic E-state index is 6.25. The number of furan rings is 1. The van der Waals surface area contributed by atoms with Crippen LogP contribution in [0.2, 0.25) is 0 Å². The highest BCUT2D eigenvalue weighted by molar-refractivity contribution is 6.05. The number of rotatable bonds is 4. The van der Waals surface area contributed by atoms with Crippen LogP contribution in [0.3, 0.4) is 0 Å². The molecule has 6 aromatic rings. The highest BCUT2D eigenvalue weighted by Crippen LogP contribution is 2.33. The Morgan fingerprint density at radius 1 is 0.784 bits per heavy atom. The molecule has 37 heavy (non-hydrogen) atoms. The van der Waals surface area contributed by atoms with Crippen LogP contribution < -0.4 is 0 Å². The molecule has 0 aliphatic heterocycles. The Kier molecular flexibility index (Phi) is 6.96. The van der Waals surface area contributed by atoms with Gasteiger partial charge in [-0.1, -0.05) is 99.6 Å². The number of hydrogen-bond acceptors (Lipinski definition) is 2. The van der Waals surface area contributed by atoms with Gasteiger partial charge < -0.3 is 4.42 Å². The van der Waals surface area contributed by atoms with Crippen molar-refractivity contribution in [3.05, 3.63) is 120 Å². The summed E-state index contributed by atoms with van der Waals surface area (Å²) in [4.78, 5) is 4.64. The van der Waals surface area contributed by atoms with Crippen LogP contribution in [0, 0.1) is 19.8 Å². The molecule has 0 N–H and O–H groups in total. The first-order valence-electron chi connectivity index (χ1n) is 13.0. The van der Waals surface area contributed by atoms with Crippen LogP contribution in [-0.2, 0) is 6.42 Å². The Balaban J connectivity index is 0.000000655. The predicted octanol–water partition coefficient (Wildman–Crippen LogP) is 9.31. The number of aryl methyl sites for hydroxylation is 2. The predicted molar refractivity (Wildman–Crippen MR) is 156 cm³/mol. The second-order valence-corrected chi connectivity index (χ2v) is 10.4. The van der Waals surface area contributed by atoms with E-state index in [4.69, 9.17) is 4.42 Å². The van der Waals surface area contributed by atoms with Crippen LogP contribution in [0.5, 0.6) is 0 Å². The van der Waals surface area contributed by atoms with Crippen molar-refractivity contribution >= 4 is 21.9 Å². The van der Waals surface area contributed by atoms with Crippen LogP contribution in [0.15, 0.2) is 102 Å². The summed E-state index contributed by atoms with van der Waals surface area (Å²) >= 11 is 0. The molecule has 0 unspecified atom stereocenters. The monoisotopic (exact) mass is 486 g/mol. The van der Waals surface area contributed by atoms with Crippen molar-refractivity contribution in [3.8, 4) is 17.1 Å². The maximum absolute atomic E-state index is 6.25. The normalized spacial score (nSPS) is 11.2. The minimum absolute atomic E-state index is 0.828. The molecule has 3 heteroatoms. The van der Waals surface area contributed by atoms with Crippen molar-refractivity contribution in [2.75, 3.05) is 0 Å². The Morgan fingerprint density at radius 2 is 1.43 bits per heavy atom. The summed E-state index contributed by atoms with van der Waals surface area (Å²) in [7, 11) is 0. The highest BCUT2D eigenvalue weighted by atomic mass is 16.3. The average molecular weight is 487 g/mol. The third kappa shape index (κ3) is 5.08. The van der Waals surface area contributed by atoms with E-state index >= 15 is 0 Å². The van der Waals surface area contributed by atoms with E-state index in [1.165, 1.54) is 38.7 Å². The number of aromatic nitrogens is 2. The molecule has 0 aliphatic carbocycles. The van der Waals surface area contributed by atoms with Gasteiger partial charge in [0, 0.05) is 35.2 Å². The highest BCUT2D eigenvalue weighted by Gasteiger charge is 2.15. The molecule has 0 saturated carbocycles. The van der Waals surface area contributed by atoms with Gasteiger partial charge >= 0.3 is 0 Å². The number of hydrogen-bond donors (Lipinski definition) is 0. The summed E-state index contributed by atoms with van der Waals surface area (Å²) in [5, 5.41) is 2.35. The summed E-state index contributed by atoms with van der Waals surface area (Å²) < 4.78 is 8.45. The molecule has 186 valence electrons. The number of para-hydroxylation sites is 2. The number of imidazole rings is 1. The molecule has 2 heterocycles. The molecule has 0 spiro atoms. The van der Waals surface area contributed by atoms with Crippen molar-refractivity contribution in [1.29, 1.82) is 0 Å². The SMILES string of the molecule is CC(C)C.Cc1cc(Cc2cccc3c2oc2ccccc23)cc(C)c1-n1ccnc1-c1ccccc1. The number of fused-ring (bicyclic) bond motifs is 3. The molecule has 4 aromatic carbocycles. The van der Waals surface area contributed by atoms with E-state index in [-0.39, 0.29) is 0 Å². The van der Waals surface area contributed by atoms with Gasteiger partial charge in [-0.25, -0.2) is 4.98 Å². The van der Waals surface area contributed by atoms with Gasteiger partial charge in [-0.3, -0.25) is 4.57 Å². The molecule has 0 saturated heterocycles. The van der Waals surface area contributed by atoms with Crippen LogP contribution in [0.4, 0.5) is 0 Å². The zero-order valence-electron chi connectivity index (χ0n) is 22.3. The van der Waals surface area contributed by atoms with Gasteiger partial charge in [0.2, 0.25) is 0 Å². The minimum Gasteiger partial charge on any atom is -0.456 e. The molecule has 0 radical (unpaired) electrons. The van der Waals surface area contributed by atoms with Gasteiger partial charge in [0.05, 0.1) is 5.69 Å². The molecule has 0 fully saturated rings. The summed E-state index contributed by atoms with van der Waals surface area (Å²) in [6.45, 7) is 10.9. The van der Waals surface area contributed by atoms with E-state index in [1.807, 2.05) is 30.6 Å². The second kappa shape index (κ2) is 10.5. The van der Waals surface area contributed by atoms with Crippen molar-refractivity contribution in [2.24, 2.45) is 5.92 Å². The van der Waals surface area contributed by atoms with Gasteiger partial charge in [0.1, 0.15) is 17.0 Å². The van der Waals surface area contributed by atoms with E-state index in [9.17, 15) is 0 Å². The molecule has 6 rings (SSSR count).